The average molecular weight is 327 g/mol. The molecular weight excluding hydrogens is 284 g/mol. The quantitative estimate of drug-likeness (QED) is 0.400. The molecule has 0 rings (SSSR count). The lowest BCUT2D eigenvalue weighted by Gasteiger charge is -2.19. The van der Waals surface area contributed by atoms with Crippen molar-refractivity contribution in [1.82, 2.24) is 4.90 Å². The summed E-state index contributed by atoms with van der Waals surface area (Å²) in [6.07, 6.45) is 18.2. The first kappa shape index (κ1) is 22.4. The van der Waals surface area contributed by atoms with Gasteiger partial charge in [-0.15, -0.1) is 0 Å². The second-order valence-electron chi connectivity index (χ2n) is 7.18. The smallest absolute Gasteiger partial charge is 0.225 e. The fourth-order valence-electron chi connectivity index (χ4n) is 3.19. The minimum absolute atomic E-state index is 0.137. The van der Waals surface area contributed by atoms with Crippen LogP contribution in [0, 0.1) is 5.92 Å². The van der Waals surface area contributed by atoms with Crippen LogP contribution in [0.5, 0.6) is 0 Å². The molecule has 0 aromatic carbocycles. The Morgan fingerprint density at radius 2 is 1.22 bits per heavy atom. The van der Waals surface area contributed by atoms with Gasteiger partial charge in [0.1, 0.15) is 0 Å². The Kier molecular flexibility index (Phi) is 15.9. The lowest BCUT2D eigenvalue weighted by atomic mass is 9.95. The van der Waals surface area contributed by atoms with Crippen molar-refractivity contribution in [3.8, 4) is 0 Å². The van der Waals surface area contributed by atoms with Gasteiger partial charge in [0.25, 0.3) is 0 Å². The first-order valence-electron chi connectivity index (χ1n) is 10.0. The van der Waals surface area contributed by atoms with E-state index < -0.39 is 0 Å². The van der Waals surface area contributed by atoms with Gasteiger partial charge in [-0.25, -0.2) is 0 Å². The molecule has 1 amide bonds. The molecular formula is C20H42N2O. The number of nitrogens with zero attached hydrogens (tertiary/aromatic N) is 1. The summed E-state index contributed by atoms with van der Waals surface area (Å²) in [6, 6.07) is 0. The number of hydrogen-bond donors (Lipinski definition) is 1. The Balaban J connectivity index is 3.44. The zero-order chi connectivity index (χ0) is 17.3. The highest BCUT2D eigenvalue weighted by Crippen LogP contribution is 2.17. The van der Waals surface area contributed by atoms with Crippen LogP contribution in [-0.4, -0.2) is 31.4 Å². The Morgan fingerprint density at radius 3 is 1.61 bits per heavy atom. The van der Waals surface area contributed by atoms with Crippen molar-refractivity contribution in [3.05, 3.63) is 0 Å². The van der Waals surface area contributed by atoms with Crippen LogP contribution in [0.3, 0.4) is 0 Å². The van der Waals surface area contributed by atoms with Gasteiger partial charge in [0.2, 0.25) is 5.91 Å². The van der Waals surface area contributed by atoms with Crippen LogP contribution in [0.2, 0.25) is 0 Å². The van der Waals surface area contributed by atoms with Gasteiger partial charge < -0.3 is 10.6 Å². The number of hydrogen-bond acceptors (Lipinski definition) is 2. The maximum atomic E-state index is 12.0. The van der Waals surface area contributed by atoms with Crippen LogP contribution in [0.25, 0.3) is 0 Å². The summed E-state index contributed by atoms with van der Waals surface area (Å²) < 4.78 is 0. The molecule has 23 heavy (non-hydrogen) atoms. The summed E-state index contributed by atoms with van der Waals surface area (Å²) in [4.78, 5) is 13.7. The Hall–Kier alpha value is -0.570. The highest BCUT2D eigenvalue weighted by molar-refractivity contribution is 5.78. The molecule has 0 radical (unpaired) electrons. The fraction of sp³-hybridized carbons (Fsp3) is 0.950. The van der Waals surface area contributed by atoms with E-state index in [1.165, 1.54) is 77.0 Å². The second-order valence-corrected chi connectivity index (χ2v) is 7.18. The van der Waals surface area contributed by atoms with Crippen LogP contribution in [0.1, 0.15) is 96.8 Å². The van der Waals surface area contributed by atoms with Crippen molar-refractivity contribution in [2.24, 2.45) is 11.7 Å². The largest absolute Gasteiger partial charge is 0.349 e. The SMILES string of the molecule is CCCCCCCCCCCCCCC(CCN)C(=O)N(C)C. The number of amides is 1. The number of nitrogens with two attached hydrogens (primary N) is 1. The summed E-state index contributed by atoms with van der Waals surface area (Å²) >= 11 is 0. The van der Waals surface area contributed by atoms with Crippen LogP contribution < -0.4 is 5.73 Å². The summed E-state index contributed by atoms with van der Waals surface area (Å²) in [5.74, 6) is 0.386. The van der Waals surface area contributed by atoms with Crippen LogP contribution >= 0.6 is 0 Å². The van der Waals surface area contributed by atoms with Crippen LogP contribution in [-0.2, 0) is 4.79 Å². The molecule has 138 valence electrons. The van der Waals surface area contributed by atoms with Crippen molar-refractivity contribution in [2.45, 2.75) is 96.8 Å². The van der Waals surface area contributed by atoms with Crippen molar-refractivity contribution in [1.29, 1.82) is 0 Å². The van der Waals surface area contributed by atoms with E-state index in [9.17, 15) is 4.79 Å². The first-order valence-corrected chi connectivity index (χ1v) is 10.0. The molecule has 0 aliphatic rings. The monoisotopic (exact) mass is 326 g/mol. The predicted molar refractivity (Wildman–Crippen MR) is 102 cm³/mol. The molecule has 2 N–H and O–H groups in total. The zero-order valence-electron chi connectivity index (χ0n) is 16.1. The average Bonchev–Trinajstić information content (AvgIpc) is 2.54. The number of rotatable bonds is 16. The van der Waals surface area contributed by atoms with E-state index in [1.54, 1.807) is 4.90 Å². The van der Waals surface area contributed by atoms with E-state index >= 15 is 0 Å². The molecule has 0 fully saturated rings. The predicted octanol–water partition coefficient (Wildman–Crippen LogP) is 5.13. The van der Waals surface area contributed by atoms with E-state index in [-0.39, 0.29) is 11.8 Å². The molecule has 1 unspecified atom stereocenters. The topological polar surface area (TPSA) is 46.3 Å². The number of unbranched alkanes of at least 4 members (excludes halogenated alkanes) is 11. The Labute approximate surface area is 145 Å². The second kappa shape index (κ2) is 16.3. The van der Waals surface area contributed by atoms with Gasteiger partial charge in [-0.2, -0.15) is 0 Å². The Bertz CT molecular complexity index is 266. The highest BCUT2D eigenvalue weighted by atomic mass is 16.2. The minimum atomic E-state index is 0.137. The molecule has 0 spiro atoms. The van der Waals surface area contributed by atoms with Gasteiger partial charge >= 0.3 is 0 Å². The molecule has 0 aliphatic heterocycles. The zero-order valence-corrected chi connectivity index (χ0v) is 16.1. The third-order valence-electron chi connectivity index (χ3n) is 4.71. The standard InChI is InChI=1S/C20H42N2O/c1-4-5-6-7-8-9-10-11-12-13-14-15-16-19(17-18-21)20(23)22(2)3/h19H,4-18,21H2,1-3H3. The summed E-state index contributed by atoms with van der Waals surface area (Å²) in [7, 11) is 3.68. The summed E-state index contributed by atoms with van der Waals surface area (Å²) in [6.45, 7) is 2.89. The van der Waals surface area contributed by atoms with E-state index in [4.69, 9.17) is 5.73 Å². The van der Waals surface area contributed by atoms with E-state index in [1.807, 2.05) is 14.1 Å². The molecule has 0 heterocycles. The normalized spacial score (nSPS) is 12.3. The molecule has 1 atom stereocenters. The fourth-order valence-corrected chi connectivity index (χ4v) is 3.19. The van der Waals surface area contributed by atoms with Gasteiger partial charge in [-0.05, 0) is 19.4 Å². The molecule has 0 bridgehead atoms. The lowest BCUT2D eigenvalue weighted by molar-refractivity contribution is -0.133. The maximum absolute atomic E-state index is 12.0. The molecule has 0 saturated heterocycles. The molecule has 0 aliphatic carbocycles. The van der Waals surface area contributed by atoms with E-state index in [0.29, 0.717) is 6.54 Å². The van der Waals surface area contributed by atoms with Crippen molar-refractivity contribution >= 4 is 5.91 Å². The number of carbonyl (C=O) groups is 1. The van der Waals surface area contributed by atoms with Crippen molar-refractivity contribution in [3.63, 3.8) is 0 Å². The molecule has 0 aromatic heterocycles. The molecule has 0 aromatic rings. The van der Waals surface area contributed by atoms with Crippen molar-refractivity contribution in [2.75, 3.05) is 20.6 Å². The van der Waals surface area contributed by atoms with Gasteiger partial charge in [-0.1, -0.05) is 84.0 Å². The van der Waals surface area contributed by atoms with Crippen molar-refractivity contribution < 1.29 is 4.79 Å². The van der Waals surface area contributed by atoms with Gasteiger partial charge in [0, 0.05) is 20.0 Å². The molecule has 0 saturated carbocycles. The van der Waals surface area contributed by atoms with E-state index in [2.05, 4.69) is 6.92 Å². The number of carbonyl (C=O) groups excluding carboxylic acids is 1. The summed E-state index contributed by atoms with van der Waals surface area (Å²) in [5, 5.41) is 0. The third-order valence-corrected chi connectivity index (χ3v) is 4.71. The summed E-state index contributed by atoms with van der Waals surface area (Å²) in [5.41, 5.74) is 5.63. The van der Waals surface area contributed by atoms with Gasteiger partial charge in [0.15, 0.2) is 0 Å². The third kappa shape index (κ3) is 13.6. The lowest BCUT2D eigenvalue weighted by Crippen LogP contribution is -2.31. The molecule has 3 heteroatoms. The van der Waals surface area contributed by atoms with E-state index in [0.717, 1.165) is 12.8 Å². The van der Waals surface area contributed by atoms with Gasteiger partial charge in [0.05, 0.1) is 0 Å². The van der Waals surface area contributed by atoms with Crippen LogP contribution in [0.15, 0.2) is 0 Å². The van der Waals surface area contributed by atoms with Gasteiger partial charge in [-0.3, -0.25) is 4.79 Å². The van der Waals surface area contributed by atoms with Crippen LogP contribution in [0.4, 0.5) is 0 Å². The first-order chi connectivity index (χ1) is 11.1. The Morgan fingerprint density at radius 1 is 0.783 bits per heavy atom. The maximum Gasteiger partial charge on any atom is 0.225 e. The highest BCUT2D eigenvalue weighted by Gasteiger charge is 2.18. The molecule has 3 nitrogen and oxygen atoms in total. The minimum Gasteiger partial charge on any atom is -0.349 e.